The van der Waals surface area contributed by atoms with Crippen molar-refractivity contribution in [2.75, 3.05) is 19.0 Å². The normalized spacial score (nSPS) is 11.9. The first kappa shape index (κ1) is 13.5. The molecule has 1 amide bonds. The minimum atomic E-state index is 0.0125. The lowest BCUT2D eigenvalue weighted by Gasteiger charge is -2.09. The fourth-order valence-corrected chi connectivity index (χ4v) is 1.42. The summed E-state index contributed by atoms with van der Waals surface area (Å²) in [6, 6.07) is 7.32. The SMILES string of the molecule is COc1cccc(NC(=O)CCC(C)CN)c1. The van der Waals surface area contributed by atoms with Gasteiger partial charge in [-0.3, -0.25) is 4.79 Å². The van der Waals surface area contributed by atoms with Gasteiger partial charge in [0.1, 0.15) is 5.75 Å². The fourth-order valence-electron chi connectivity index (χ4n) is 1.42. The van der Waals surface area contributed by atoms with Crippen LogP contribution in [0.5, 0.6) is 5.75 Å². The van der Waals surface area contributed by atoms with Gasteiger partial charge in [0.05, 0.1) is 7.11 Å². The second-order valence-corrected chi connectivity index (χ2v) is 4.16. The van der Waals surface area contributed by atoms with Crippen LogP contribution in [-0.4, -0.2) is 19.6 Å². The summed E-state index contributed by atoms with van der Waals surface area (Å²) in [5, 5.41) is 2.84. The molecule has 1 rings (SSSR count). The molecular formula is C13H20N2O2. The topological polar surface area (TPSA) is 64.3 Å². The van der Waals surface area contributed by atoms with Crippen molar-refractivity contribution in [2.24, 2.45) is 11.7 Å². The summed E-state index contributed by atoms with van der Waals surface area (Å²) < 4.78 is 5.08. The summed E-state index contributed by atoms with van der Waals surface area (Å²) in [6.07, 6.45) is 1.31. The zero-order chi connectivity index (χ0) is 12.7. The molecule has 1 aromatic carbocycles. The van der Waals surface area contributed by atoms with Crippen molar-refractivity contribution in [3.8, 4) is 5.75 Å². The average molecular weight is 236 g/mol. The second kappa shape index (κ2) is 6.91. The lowest BCUT2D eigenvalue weighted by Crippen LogP contribution is -2.16. The van der Waals surface area contributed by atoms with Gasteiger partial charge in [-0.15, -0.1) is 0 Å². The molecule has 1 atom stereocenters. The number of benzene rings is 1. The molecule has 0 aliphatic rings. The fraction of sp³-hybridized carbons (Fsp3) is 0.462. The summed E-state index contributed by atoms with van der Waals surface area (Å²) in [4.78, 5) is 11.6. The van der Waals surface area contributed by atoms with Gasteiger partial charge < -0.3 is 15.8 Å². The molecule has 0 aliphatic carbocycles. The van der Waals surface area contributed by atoms with Crippen LogP contribution in [0.3, 0.4) is 0 Å². The average Bonchev–Trinajstić information content (AvgIpc) is 2.36. The van der Waals surface area contributed by atoms with E-state index < -0.39 is 0 Å². The summed E-state index contributed by atoms with van der Waals surface area (Å²) in [7, 11) is 1.60. The number of nitrogens with two attached hydrogens (primary N) is 1. The molecule has 0 spiro atoms. The van der Waals surface area contributed by atoms with Gasteiger partial charge in [-0.1, -0.05) is 13.0 Å². The van der Waals surface area contributed by atoms with Crippen molar-refractivity contribution in [3.63, 3.8) is 0 Å². The third-order valence-corrected chi connectivity index (χ3v) is 2.62. The monoisotopic (exact) mass is 236 g/mol. The van der Waals surface area contributed by atoms with E-state index in [0.29, 0.717) is 18.9 Å². The Labute approximate surface area is 102 Å². The van der Waals surface area contributed by atoms with Crippen molar-refractivity contribution in [2.45, 2.75) is 19.8 Å². The van der Waals surface area contributed by atoms with Crippen molar-refractivity contribution in [3.05, 3.63) is 24.3 Å². The van der Waals surface area contributed by atoms with Crippen molar-refractivity contribution < 1.29 is 9.53 Å². The van der Waals surface area contributed by atoms with Crippen LogP contribution in [0.15, 0.2) is 24.3 Å². The lowest BCUT2D eigenvalue weighted by molar-refractivity contribution is -0.116. The molecule has 94 valence electrons. The lowest BCUT2D eigenvalue weighted by atomic mass is 10.1. The summed E-state index contributed by atoms with van der Waals surface area (Å²) >= 11 is 0. The van der Waals surface area contributed by atoms with Crippen LogP contribution >= 0.6 is 0 Å². The highest BCUT2D eigenvalue weighted by molar-refractivity contribution is 5.90. The Balaban J connectivity index is 2.44. The maximum Gasteiger partial charge on any atom is 0.224 e. The number of hydrogen-bond donors (Lipinski definition) is 2. The van der Waals surface area contributed by atoms with Gasteiger partial charge >= 0.3 is 0 Å². The highest BCUT2D eigenvalue weighted by atomic mass is 16.5. The first-order valence-electron chi connectivity index (χ1n) is 5.79. The van der Waals surface area contributed by atoms with Gasteiger partial charge in [0.2, 0.25) is 5.91 Å². The maximum atomic E-state index is 11.6. The molecule has 3 N–H and O–H groups in total. The smallest absolute Gasteiger partial charge is 0.224 e. The van der Waals surface area contributed by atoms with Crippen LogP contribution < -0.4 is 15.8 Å². The highest BCUT2D eigenvalue weighted by Crippen LogP contribution is 2.17. The van der Waals surface area contributed by atoms with Crippen LogP contribution in [-0.2, 0) is 4.79 Å². The number of hydrogen-bond acceptors (Lipinski definition) is 3. The Morgan fingerprint density at radius 2 is 2.29 bits per heavy atom. The van der Waals surface area contributed by atoms with E-state index in [-0.39, 0.29) is 5.91 Å². The van der Waals surface area contributed by atoms with E-state index in [1.807, 2.05) is 25.1 Å². The molecule has 0 aromatic heterocycles. The minimum Gasteiger partial charge on any atom is -0.497 e. The zero-order valence-electron chi connectivity index (χ0n) is 10.4. The van der Waals surface area contributed by atoms with Crippen LogP contribution in [0.4, 0.5) is 5.69 Å². The first-order valence-corrected chi connectivity index (χ1v) is 5.79. The van der Waals surface area contributed by atoms with E-state index in [1.165, 1.54) is 0 Å². The molecule has 4 nitrogen and oxygen atoms in total. The molecule has 0 saturated carbocycles. The van der Waals surface area contributed by atoms with E-state index in [2.05, 4.69) is 5.32 Å². The Bertz CT molecular complexity index is 366. The van der Waals surface area contributed by atoms with Gasteiger partial charge in [0.25, 0.3) is 0 Å². The van der Waals surface area contributed by atoms with Crippen molar-refractivity contribution >= 4 is 11.6 Å². The molecule has 1 aromatic rings. The number of ether oxygens (including phenoxy) is 1. The molecule has 1 unspecified atom stereocenters. The summed E-state index contributed by atoms with van der Waals surface area (Å²) in [6.45, 7) is 2.66. The predicted molar refractivity (Wildman–Crippen MR) is 69.1 cm³/mol. The van der Waals surface area contributed by atoms with Crippen LogP contribution in [0.1, 0.15) is 19.8 Å². The largest absolute Gasteiger partial charge is 0.497 e. The number of anilines is 1. The Hall–Kier alpha value is -1.55. The number of methoxy groups -OCH3 is 1. The number of rotatable bonds is 6. The summed E-state index contributed by atoms with van der Waals surface area (Å²) in [5.41, 5.74) is 6.26. The molecular weight excluding hydrogens is 216 g/mol. The molecule has 0 bridgehead atoms. The molecule has 0 saturated heterocycles. The van der Waals surface area contributed by atoms with Gasteiger partial charge in [-0.2, -0.15) is 0 Å². The third-order valence-electron chi connectivity index (χ3n) is 2.62. The van der Waals surface area contributed by atoms with Gasteiger partial charge in [0.15, 0.2) is 0 Å². The quantitative estimate of drug-likeness (QED) is 0.794. The minimum absolute atomic E-state index is 0.0125. The van der Waals surface area contributed by atoms with E-state index >= 15 is 0 Å². The standard InChI is InChI=1S/C13H20N2O2/c1-10(9-14)6-7-13(16)15-11-4-3-5-12(8-11)17-2/h3-5,8,10H,6-7,9,14H2,1-2H3,(H,15,16). The number of carbonyl (C=O) groups excluding carboxylic acids is 1. The van der Waals surface area contributed by atoms with Gasteiger partial charge in [0, 0.05) is 18.2 Å². The zero-order valence-corrected chi connectivity index (χ0v) is 10.4. The first-order chi connectivity index (χ1) is 8.15. The molecule has 0 heterocycles. The third kappa shape index (κ3) is 4.87. The molecule has 0 aliphatic heterocycles. The van der Waals surface area contributed by atoms with Crippen molar-refractivity contribution in [1.29, 1.82) is 0 Å². The van der Waals surface area contributed by atoms with Crippen LogP contribution in [0, 0.1) is 5.92 Å². The molecule has 4 heteroatoms. The van der Waals surface area contributed by atoms with Gasteiger partial charge in [-0.25, -0.2) is 0 Å². The van der Waals surface area contributed by atoms with E-state index in [1.54, 1.807) is 13.2 Å². The van der Waals surface area contributed by atoms with Crippen LogP contribution in [0.2, 0.25) is 0 Å². The highest BCUT2D eigenvalue weighted by Gasteiger charge is 2.06. The summed E-state index contributed by atoms with van der Waals surface area (Å²) in [5.74, 6) is 1.13. The van der Waals surface area contributed by atoms with Crippen molar-refractivity contribution in [1.82, 2.24) is 0 Å². The van der Waals surface area contributed by atoms with Crippen LogP contribution in [0.25, 0.3) is 0 Å². The Morgan fingerprint density at radius 1 is 1.53 bits per heavy atom. The van der Waals surface area contributed by atoms with E-state index in [9.17, 15) is 4.79 Å². The molecule has 17 heavy (non-hydrogen) atoms. The number of carbonyl (C=O) groups is 1. The molecule has 0 fully saturated rings. The van der Waals surface area contributed by atoms with Gasteiger partial charge in [-0.05, 0) is 31.0 Å². The van der Waals surface area contributed by atoms with E-state index in [0.717, 1.165) is 17.9 Å². The van der Waals surface area contributed by atoms with E-state index in [4.69, 9.17) is 10.5 Å². The Morgan fingerprint density at radius 3 is 2.94 bits per heavy atom. The Kier molecular flexibility index (Phi) is 5.49. The number of amides is 1. The second-order valence-electron chi connectivity index (χ2n) is 4.16. The number of nitrogens with one attached hydrogen (secondary N) is 1. The predicted octanol–water partition coefficient (Wildman–Crippen LogP) is 2.01. The molecule has 0 radical (unpaired) electrons. The maximum absolute atomic E-state index is 11.6.